The summed E-state index contributed by atoms with van der Waals surface area (Å²) in [6.07, 6.45) is 1.59. The number of oxazole rings is 1. The number of ether oxygens (including phenoxy) is 1. The van der Waals surface area contributed by atoms with E-state index in [0.29, 0.717) is 29.3 Å². The number of tetrazole rings is 1. The molecule has 10 heteroatoms. The van der Waals surface area contributed by atoms with Gasteiger partial charge in [0.05, 0.1) is 7.11 Å². The van der Waals surface area contributed by atoms with Crippen LogP contribution in [0.3, 0.4) is 0 Å². The first-order chi connectivity index (χ1) is 15.2. The molecule has 1 atom stereocenters. The number of carbonyl (C=O) groups is 2. The summed E-state index contributed by atoms with van der Waals surface area (Å²) in [6, 6.07) is 13.7. The summed E-state index contributed by atoms with van der Waals surface area (Å²) < 4.78 is 10.5. The van der Waals surface area contributed by atoms with Crippen LogP contribution in [0.5, 0.6) is 0 Å². The van der Waals surface area contributed by atoms with Crippen LogP contribution < -0.4 is 4.90 Å². The van der Waals surface area contributed by atoms with Gasteiger partial charge in [0.15, 0.2) is 17.8 Å². The summed E-state index contributed by atoms with van der Waals surface area (Å²) in [6.45, 7) is 0. The first kappa shape index (κ1) is 18.7. The van der Waals surface area contributed by atoms with Gasteiger partial charge in [-0.2, -0.15) is 5.21 Å². The summed E-state index contributed by atoms with van der Waals surface area (Å²) in [7, 11) is 1.31. The van der Waals surface area contributed by atoms with Crippen LogP contribution in [0.2, 0.25) is 0 Å². The normalized spacial score (nSPS) is 15.0. The number of aromatic amines is 1. The van der Waals surface area contributed by atoms with Crippen LogP contribution in [0.25, 0.3) is 22.7 Å². The third kappa shape index (κ3) is 3.14. The molecule has 2 aromatic heterocycles. The van der Waals surface area contributed by atoms with Gasteiger partial charge in [-0.15, -0.1) is 10.2 Å². The molecule has 4 aromatic rings. The molecule has 0 saturated carbocycles. The Kier molecular flexibility index (Phi) is 4.51. The summed E-state index contributed by atoms with van der Waals surface area (Å²) in [4.78, 5) is 31.5. The fourth-order valence-electron chi connectivity index (χ4n) is 3.73. The standard InChI is InChI=1S/C21H16N6O4/c1-30-21(29)16-10-14-4-2-3-5-15(14)27(16)20(28)17-18(31-11-22-17)12-6-8-13(9-7-12)19-23-25-26-24-19/h2-9,11,16H,10H2,1H3,(H,23,24,25,26). The van der Waals surface area contributed by atoms with Crippen molar-refractivity contribution in [3.05, 3.63) is 66.2 Å². The molecule has 1 amide bonds. The lowest BCUT2D eigenvalue weighted by atomic mass is 10.1. The van der Waals surface area contributed by atoms with E-state index in [4.69, 9.17) is 9.15 Å². The highest BCUT2D eigenvalue weighted by molar-refractivity contribution is 6.12. The molecule has 10 nitrogen and oxygen atoms in total. The van der Waals surface area contributed by atoms with Gasteiger partial charge in [-0.25, -0.2) is 9.78 Å². The average molecular weight is 416 g/mol. The predicted molar refractivity (Wildman–Crippen MR) is 108 cm³/mol. The van der Waals surface area contributed by atoms with Crippen molar-refractivity contribution < 1.29 is 18.7 Å². The minimum atomic E-state index is -0.764. The van der Waals surface area contributed by atoms with Crippen molar-refractivity contribution >= 4 is 17.6 Å². The van der Waals surface area contributed by atoms with E-state index < -0.39 is 17.9 Å². The van der Waals surface area contributed by atoms with Gasteiger partial charge in [0.2, 0.25) is 5.82 Å². The lowest BCUT2D eigenvalue weighted by Gasteiger charge is -2.23. The fourth-order valence-corrected chi connectivity index (χ4v) is 3.73. The van der Waals surface area contributed by atoms with Crippen LogP contribution in [-0.4, -0.2) is 50.6 Å². The number of fused-ring (bicyclic) bond motifs is 1. The van der Waals surface area contributed by atoms with Gasteiger partial charge in [-0.3, -0.25) is 9.69 Å². The number of esters is 1. The number of amides is 1. The van der Waals surface area contributed by atoms with Gasteiger partial charge in [0.1, 0.15) is 6.04 Å². The Morgan fingerprint density at radius 3 is 2.65 bits per heavy atom. The number of para-hydroxylation sites is 1. The van der Waals surface area contributed by atoms with Crippen molar-refractivity contribution in [2.75, 3.05) is 12.0 Å². The topological polar surface area (TPSA) is 127 Å². The third-order valence-corrected chi connectivity index (χ3v) is 5.19. The summed E-state index contributed by atoms with van der Waals surface area (Å²) in [5, 5.41) is 13.8. The summed E-state index contributed by atoms with van der Waals surface area (Å²) >= 11 is 0. The second-order valence-corrected chi connectivity index (χ2v) is 6.89. The van der Waals surface area contributed by atoms with E-state index in [1.807, 2.05) is 18.2 Å². The Bertz CT molecular complexity index is 1250. The van der Waals surface area contributed by atoms with Crippen molar-refractivity contribution in [1.29, 1.82) is 0 Å². The second-order valence-electron chi connectivity index (χ2n) is 6.89. The monoisotopic (exact) mass is 416 g/mol. The largest absolute Gasteiger partial charge is 0.467 e. The summed E-state index contributed by atoms with van der Waals surface area (Å²) in [5.41, 5.74) is 3.06. The van der Waals surface area contributed by atoms with E-state index in [1.54, 1.807) is 30.3 Å². The third-order valence-electron chi connectivity index (χ3n) is 5.19. The highest BCUT2D eigenvalue weighted by Gasteiger charge is 2.41. The molecule has 0 aliphatic carbocycles. The minimum absolute atomic E-state index is 0.109. The number of benzene rings is 2. The predicted octanol–water partition coefficient (Wildman–Crippen LogP) is 2.27. The molecule has 0 radical (unpaired) electrons. The molecule has 0 spiro atoms. The molecule has 31 heavy (non-hydrogen) atoms. The first-order valence-corrected chi connectivity index (χ1v) is 9.44. The summed E-state index contributed by atoms with van der Waals surface area (Å²) in [5.74, 6) is -0.168. The molecular weight excluding hydrogens is 400 g/mol. The maximum Gasteiger partial charge on any atom is 0.329 e. The van der Waals surface area contributed by atoms with Crippen LogP contribution in [-0.2, 0) is 16.0 Å². The van der Waals surface area contributed by atoms with Crippen molar-refractivity contribution in [3.8, 4) is 22.7 Å². The maximum absolute atomic E-state index is 13.5. The smallest absolute Gasteiger partial charge is 0.329 e. The van der Waals surface area contributed by atoms with Crippen molar-refractivity contribution in [2.24, 2.45) is 0 Å². The quantitative estimate of drug-likeness (QED) is 0.502. The number of hydrogen-bond acceptors (Lipinski definition) is 8. The van der Waals surface area contributed by atoms with Gasteiger partial charge in [0.25, 0.3) is 5.91 Å². The lowest BCUT2D eigenvalue weighted by Crippen LogP contribution is -2.43. The van der Waals surface area contributed by atoms with Gasteiger partial charge < -0.3 is 9.15 Å². The molecule has 1 N–H and O–H groups in total. The van der Waals surface area contributed by atoms with E-state index in [1.165, 1.54) is 18.4 Å². The molecule has 3 heterocycles. The van der Waals surface area contributed by atoms with Crippen LogP contribution in [0.4, 0.5) is 5.69 Å². The number of methoxy groups -OCH3 is 1. The number of hydrogen-bond donors (Lipinski definition) is 1. The van der Waals surface area contributed by atoms with E-state index >= 15 is 0 Å². The van der Waals surface area contributed by atoms with Gasteiger partial charge in [-0.1, -0.05) is 42.5 Å². The Morgan fingerprint density at radius 1 is 1.13 bits per heavy atom. The zero-order valence-electron chi connectivity index (χ0n) is 16.3. The Labute approximate surface area is 175 Å². The van der Waals surface area contributed by atoms with Gasteiger partial charge >= 0.3 is 5.97 Å². The van der Waals surface area contributed by atoms with Gasteiger partial charge in [0, 0.05) is 23.2 Å². The van der Waals surface area contributed by atoms with E-state index in [0.717, 1.165) is 11.1 Å². The first-order valence-electron chi connectivity index (χ1n) is 9.44. The molecule has 1 unspecified atom stereocenters. The molecule has 0 saturated heterocycles. The zero-order valence-corrected chi connectivity index (χ0v) is 16.3. The fraction of sp³-hybridized carbons (Fsp3) is 0.143. The van der Waals surface area contributed by atoms with E-state index in [2.05, 4.69) is 25.6 Å². The Morgan fingerprint density at radius 2 is 1.90 bits per heavy atom. The number of rotatable bonds is 4. The number of anilines is 1. The van der Waals surface area contributed by atoms with Crippen LogP contribution in [0.1, 0.15) is 16.1 Å². The van der Waals surface area contributed by atoms with E-state index in [9.17, 15) is 9.59 Å². The number of H-pyrrole nitrogens is 1. The Balaban J connectivity index is 1.51. The highest BCUT2D eigenvalue weighted by atomic mass is 16.5. The molecule has 154 valence electrons. The van der Waals surface area contributed by atoms with Crippen LogP contribution in [0, 0.1) is 0 Å². The van der Waals surface area contributed by atoms with E-state index in [-0.39, 0.29) is 5.69 Å². The maximum atomic E-state index is 13.5. The Hall–Kier alpha value is -4.34. The molecular formula is C21H16N6O4. The van der Waals surface area contributed by atoms with Crippen LogP contribution in [0.15, 0.2) is 59.3 Å². The molecule has 2 aromatic carbocycles. The van der Waals surface area contributed by atoms with Crippen molar-refractivity contribution in [3.63, 3.8) is 0 Å². The molecule has 1 aliphatic heterocycles. The molecule has 0 fully saturated rings. The highest BCUT2D eigenvalue weighted by Crippen LogP contribution is 2.35. The molecule has 0 bridgehead atoms. The SMILES string of the molecule is COC(=O)C1Cc2ccccc2N1C(=O)c1ncoc1-c1ccc(-c2nn[nH]n2)cc1. The lowest BCUT2D eigenvalue weighted by molar-refractivity contribution is -0.141. The number of aromatic nitrogens is 5. The average Bonchev–Trinajstić information content (AvgIpc) is 3.57. The zero-order chi connectivity index (χ0) is 21.4. The number of carbonyl (C=O) groups excluding carboxylic acids is 2. The van der Waals surface area contributed by atoms with Crippen molar-refractivity contribution in [1.82, 2.24) is 25.6 Å². The van der Waals surface area contributed by atoms with Crippen molar-refractivity contribution in [2.45, 2.75) is 12.5 Å². The minimum Gasteiger partial charge on any atom is -0.467 e. The molecule has 5 rings (SSSR count). The molecule has 1 aliphatic rings. The number of nitrogens with zero attached hydrogens (tertiary/aromatic N) is 5. The number of nitrogens with one attached hydrogen (secondary N) is 1. The van der Waals surface area contributed by atoms with Crippen LogP contribution >= 0.6 is 0 Å². The second kappa shape index (κ2) is 7.48. The van der Waals surface area contributed by atoms with Gasteiger partial charge in [-0.05, 0) is 16.8 Å².